The minimum atomic E-state index is -0.0299. The predicted molar refractivity (Wildman–Crippen MR) is 92.8 cm³/mol. The van der Waals surface area contributed by atoms with E-state index in [2.05, 4.69) is 31.6 Å². The van der Waals surface area contributed by atoms with E-state index in [1.165, 1.54) is 24.1 Å². The van der Waals surface area contributed by atoms with Crippen molar-refractivity contribution < 1.29 is 4.79 Å². The summed E-state index contributed by atoms with van der Waals surface area (Å²) in [4.78, 5) is 11.8. The third-order valence-electron chi connectivity index (χ3n) is 7.43. The average Bonchev–Trinajstić information content (AvgIpc) is 2.86. The fourth-order valence-corrected chi connectivity index (χ4v) is 6.21. The highest BCUT2D eigenvalue weighted by molar-refractivity contribution is 6.02. The molecule has 0 bridgehead atoms. The highest BCUT2D eigenvalue weighted by Gasteiger charge is 2.58. The summed E-state index contributed by atoms with van der Waals surface area (Å²) < 4.78 is 0. The summed E-state index contributed by atoms with van der Waals surface area (Å²) in [6, 6.07) is 0. The molecule has 3 heteroatoms. The van der Waals surface area contributed by atoms with Crippen molar-refractivity contribution >= 4 is 11.5 Å². The standard InChI is InChI=1S/C20H26N2O/c1-12-10-14-15-4-5-18(22-21)20(15,3)9-7-16(14)19(2)8-6-13(23)11-17(12)19/h6,8,11,14-16H,1,4-5,7,9-10,21H2,2-3H3/t14-,15-,16-,19+,20-/m0/s1. The van der Waals surface area contributed by atoms with Gasteiger partial charge >= 0.3 is 0 Å². The quantitative estimate of drug-likeness (QED) is 0.547. The normalized spacial score (nSPS) is 47.1. The maximum Gasteiger partial charge on any atom is 0.178 e. The molecule has 0 saturated heterocycles. The van der Waals surface area contributed by atoms with E-state index in [4.69, 9.17) is 5.84 Å². The van der Waals surface area contributed by atoms with Crippen LogP contribution in [0.2, 0.25) is 0 Å². The number of rotatable bonds is 0. The summed E-state index contributed by atoms with van der Waals surface area (Å²) in [5.41, 5.74) is 3.70. The van der Waals surface area contributed by atoms with E-state index in [1.807, 2.05) is 6.08 Å². The lowest BCUT2D eigenvalue weighted by molar-refractivity contribution is -0.110. The Kier molecular flexibility index (Phi) is 3.04. The van der Waals surface area contributed by atoms with Gasteiger partial charge in [-0.1, -0.05) is 32.1 Å². The van der Waals surface area contributed by atoms with Gasteiger partial charge in [-0.2, -0.15) is 5.10 Å². The van der Waals surface area contributed by atoms with Gasteiger partial charge in [0.1, 0.15) is 0 Å². The van der Waals surface area contributed by atoms with Crippen LogP contribution in [0, 0.1) is 28.6 Å². The first-order valence-corrected chi connectivity index (χ1v) is 8.81. The molecule has 3 fully saturated rings. The minimum absolute atomic E-state index is 0.0299. The van der Waals surface area contributed by atoms with Gasteiger partial charge in [0.2, 0.25) is 0 Å². The number of allylic oxidation sites excluding steroid dienone is 5. The molecule has 3 saturated carbocycles. The zero-order chi connectivity index (χ0) is 16.4. The van der Waals surface area contributed by atoms with Crippen molar-refractivity contribution in [2.45, 2.75) is 46.0 Å². The number of hydrogen-bond acceptors (Lipinski definition) is 3. The molecule has 0 amide bonds. The highest BCUT2D eigenvalue weighted by atomic mass is 16.1. The molecule has 0 unspecified atom stereocenters. The van der Waals surface area contributed by atoms with E-state index in [0.717, 1.165) is 24.8 Å². The van der Waals surface area contributed by atoms with Gasteiger partial charge in [-0.25, -0.2) is 0 Å². The van der Waals surface area contributed by atoms with Gasteiger partial charge in [0.25, 0.3) is 0 Å². The van der Waals surface area contributed by atoms with Crippen molar-refractivity contribution in [3.05, 3.63) is 36.0 Å². The topological polar surface area (TPSA) is 55.4 Å². The van der Waals surface area contributed by atoms with Crippen molar-refractivity contribution in [1.29, 1.82) is 0 Å². The lowest BCUT2D eigenvalue weighted by Gasteiger charge is -2.56. The molecule has 2 N–H and O–H groups in total. The maximum atomic E-state index is 11.8. The lowest BCUT2D eigenvalue weighted by Crippen LogP contribution is -2.50. The number of hydrogen-bond donors (Lipinski definition) is 1. The molecule has 23 heavy (non-hydrogen) atoms. The largest absolute Gasteiger partial charge is 0.323 e. The average molecular weight is 310 g/mol. The second-order valence-electron chi connectivity index (χ2n) is 8.33. The summed E-state index contributed by atoms with van der Waals surface area (Å²) >= 11 is 0. The third kappa shape index (κ3) is 1.82. The van der Waals surface area contributed by atoms with Crippen LogP contribution in [0.1, 0.15) is 46.0 Å². The van der Waals surface area contributed by atoms with Crippen LogP contribution in [0.15, 0.2) is 41.1 Å². The smallest absolute Gasteiger partial charge is 0.178 e. The van der Waals surface area contributed by atoms with E-state index < -0.39 is 0 Å². The van der Waals surface area contributed by atoms with Crippen LogP contribution in [0.4, 0.5) is 0 Å². The Labute approximate surface area is 138 Å². The monoisotopic (exact) mass is 310 g/mol. The van der Waals surface area contributed by atoms with Gasteiger partial charge < -0.3 is 5.84 Å². The Morgan fingerprint density at radius 2 is 2.09 bits per heavy atom. The van der Waals surface area contributed by atoms with Crippen LogP contribution >= 0.6 is 0 Å². The van der Waals surface area contributed by atoms with Crippen molar-refractivity contribution in [3.8, 4) is 0 Å². The number of ketones is 1. The van der Waals surface area contributed by atoms with Gasteiger partial charge in [-0.05, 0) is 67.6 Å². The molecule has 0 aromatic carbocycles. The highest BCUT2D eigenvalue weighted by Crippen LogP contribution is 2.64. The number of nitrogens with zero attached hydrogens (tertiary/aromatic N) is 1. The summed E-state index contributed by atoms with van der Waals surface area (Å²) in [5, 5.41) is 4.13. The van der Waals surface area contributed by atoms with Gasteiger partial charge in [0.05, 0.1) is 0 Å². The summed E-state index contributed by atoms with van der Waals surface area (Å²) in [7, 11) is 0. The van der Waals surface area contributed by atoms with E-state index in [1.54, 1.807) is 6.08 Å². The Hall–Kier alpha value is -1.64. The van der Waals surface area contributed by atoms with Crippen LogP contribution in [-0.2, 0) is 4.79 Å². The van der Waals surface area contributed by atoms with Crippen LogP contribution in [-0.4, -0.2) is 11.5 Å². The Balaban J connectivity index is 1.76. The van der Waals surface area contributed by atoms with E-state index in [0.29, 0.717) is 17.8 Å². The molecule has 0 aliphatic heterocycles. The molecule has 4 rings (SSSR count). The number of carbonyl (C=O) groups is 1. The van der Waals surface area contributed by atoms with Gasteiger partial charge in [-0.3, -0.25) is 4.79 Å². The second kappa shape index (κ2) is 4.68. The Morgan fingerprint density at radius 1 is 1.30 bits per heavy atom. The van der Waals surface area contributed by atoms with Crippen molar-refractivity contribution in [1.82, 2.24) is 0 Å². The Bertz CT molecular complexity index is 686. The molecule has 4 aliphatic rings. The fraction of sp³-hybridized carbons (Fsp3) is 0.600. The number of nitrogens with two attached hydrogens (primary N) is 1. The molecular formula is C20H26N2O. The number of carbonyl (C=O) groups excluding carboxylic acids is 1. The van der Waals surface area contributed by atoms with Crippen LogP contribution < -0.4 is 5.84 Å². The number of hydrazone groups is 1. The first-order valence-electron chi connectivity index (χ1n) is 8.81. The molecule has 0 aromatic heterocycles. The Morgan fingerprint density at radius 3 is 2.83 bits per heavy atom. The molecule has 0 radical (unpaired) electrons. The maximum absolute atomic E-state index is 11.8. The molecule has 0 aromatic rings. The SMILES string of the molecule is C=C1C[C@@H]2[C@H](CC[C@]3(C)C(=NN)CC[C@@H]23)[C@@]2(C)C=CC(=O)C=C12. The molecular weight excluding hydrogens is 284 g/mol. The summed E-state index contributed by atoms with van der Waals surface area (Å²) in [5.74, 6) is 7.65. The zero-order valence-corrected chi connectivity index (χ0v) is 14.1. The number of fused-ring (bicyclic) bond motifs is 5. The minimum Gasteiger partial charge on any atom is -0.323 e. The van der Waals surface area contributed by atoms with Crippen molar-refractivity contribution in [2.75, 3.05) is 0 Å². The van der Waals surface area contributed by atoms with Gasteiger partial charge in [-0.15, -0.1) is 0 Å². The molecule has 0 spiro atoms. The predicted octanol–water partition coefficient (Wildman–Crippen LogP) is 3.78. The van der Waals surface area contributed by atoms with Crippen LogP contribution in [0.3, 0.4) is 0 Å². The first kappa shape index (κ1) is 14.9. The third-order valence-corrected chi connectivity index (χ3v) is 7.43. The molecule has 3 nitrogen and oxygen atoms in total. The van der Waals surface area contributed by atoms with Crippen molar-refractivity contribution in [3.63, 3.8) is 0 Å². The zero-order valence-electron chi connectivity index (χ0n) is 14.1. The fourth-order valence-electron chi connectivity index (χ4n) is 6.21. The summed E-state index contributed by atoms with van der Waals surface area (Å²) in [6.07, 6.45) is 11.3. The van der Waals surface area contributed by atoms with E-state index >= 15 is 0 Å². The van der Waals surface area contributed by atoms with Gasteiger partial charge in [0, 0.05) is 16.5 Å². The van der Waals surface area contributed by atoms with E-state index in [9.17, 15) is 4.79 Å². The summed E-state index contributed by atoms with van der Waals surface area (Å²) in [6.45, 7) is 9.01. The lowest BCUT2D eigenvalue weighted by atomic mass is 9.48. The van der Waals surface area contributed by atoms with E-state index in [-0.39, 0.29) is 16.6 Å². The molecule has 0 heterocycles. The van der Waals surface area contributed by atoms with Gasteiger partial charge in [0.15, 0.2) is 5.78 Å². The second-order valence-corrected chi connectivity index (χ2v) is 8.33. The first-order chi connectivity index (χ1) is 10.9. The van der Waals surface area contributed by atoms with Crippen LogP contribution in [0.5, 0.6) is 0 Å². The molecule has 4 aliphatic carbocycles. The molecule has 5 atom stereocenters. The van der Waals surface area contributed by atoms with Crippen molar-refractivity contribution in [2.24, 2.45) is 39.5 Å². The molecule has 122 valence electrons. The van der Waals surface area contributed by atoms with Crippen LogP contribution in [0.25, 0.3) is 0 Å².